The largest absolute Gasteiger partial charge is 0.352 e. The monoisotopic (exact) mass is 416 g/mol. The molecular weight excluding hydrogens is 392 g/mol. The number of carbonyl (C=O) groups excluding carboxylic acids is 3. The molecule has 0 spiro atoms. The Morgan fingerprint density at radius 1 is 1.03 bits per heavy atom. The van der Waals surface area contributed by atoms with Crippen LogP contribution in [0.2, 0.25) is 0 Å². The van der Waals surface area contributed by atoms with Crippen LogP contribution in [-0.2, 0) is 22.6 Å². The second-order valence-electron chi connectivity index (χ2n) is 7.61. The van der Waals surface area contributed by atoms with Gasteiger partial charge in [-0.05, 0) is 37.6 Å². The molecule has 0 atom stereocenters. The van der Waals surface area contributed by atoms with Gasteiger partial charge in [-0.25, -0.2) is 4.68 Å². The highest BCUT2D eigenvalue weighted by molar-refractivity contribution is 6.09. The van der Waals surface area contributed by atoms with Crippen molar-refractivity contribution in [2.45, 2.75) is 33.2 Å². The second-order valence-corrected chi connectivity index (χ2v) is 7.61. The maximum atomic E-state index is 12.6. The Morgan fingerprint density at radius 2 is 1.74 bits per heavy atom. The zero-order valence-corrected chi connectivity index (χ0v) is 17.6. The Hall–Kier alpha value is -3.74. The molecule has 1 aliphatic rings. The molecule has 4 rings (SSSR count). The summed E-state index contributed by atoms with van der Waals surface area (Å²) >= 11 is 0. The van der Waals surface area contributed by atoms with Crippen LogP contribution in [0.3, 0.4) is 0 Å². The van der Waals surface area contributed by atoms with Gasteiger partial charge in [-0.15, -0.1) is 0 Å². The highest BCUT2D eigenvalue weighted by Crippen LogP contribution is 2.20. The Bertz CT molecular complexity index is 1150. The molecule has 0 fully saturated rings. The number of aryl methyl sites for hydroxylation is 1. The quantitative estimate of drug-likeness (QED) is 0.626. The summed E-state index contributed by atoms with van der Waals surface area (Å²) in [6, 6.07) is 16.9. The SMILES string of the molecule is Cc1nn(-c2ccccc2)c(C)c1CNC(=O)CCN1C(=O)Cc2ccccc2C1=O. The molecule has 158 valence electrons. The summed E-state index contributed by atoms with van der Waals surface area (Å²) in [5.74, 6) is -0.825. The van der Waals surface area contributed by atoms with E-state index in [-0.39, 0.29) is 37.1 Å². The van der Waals surface area contributed by atoms with Gasteiger partial charge in [0.2, 0.25) is 11.8 Å². The standard InChI is InChI=1S/C24H24N4O3/c1-16-21(17(2)28(26-16)19-9-4-3-5-10-19)15-25-22(29)12-13-27-23(30)14-18-8-6-7-11-20(18)24(27)31/h3-11H,12-15H2,1-2H3,(H,25,29). The maximum absolute atomic E-state index is 12.6. The number of benzene rings is 2. The molecular formula is C24H24N4O3. The van der Waals surface area contributed by atoms with Crippen LogP contribution in [0.1, 0.15) is 39.3 Å². The van der Waals surface area contributed by atoms with Gasteiger partial charge >= 0.3 is 0 Å². The van der Waals surface area contributed by atoms with E-state index in [4.69, 9.17) is 0 Å². The molecule has 31 heavy (non-hydrogen) atoms. The van der Waals surface area contributed by atoms with Crippen LogP contribution in [0.5, 0.6) is 0 Å². The van der Waals surface area contributed by atoms with Crippen LogP contribution >= 0.6 is 0 Å². The minimum Gasteiger partial charge on any atom is -0.352 e. The molecule has 0 bridgehead atoms. The van der Waals surface area contributed by atoms with Gasteiger partial charge in [-0.1, -0.05) is 36.4 Å². The lowest BCUT2D eigenvalue weighted by atomic mass is 9.98. The van der Waals surface area contributed by atoms with Crippen molar-refractivity contribution in [3.8, 4) is 5.69 Å². The van der Waals surface area contributed by atoms with Gasteiger partial charge in [0.1, 0.15) is 0 Å². The molecule has 2 heterocycles. The van der Waals surface area contributed by atoms with Gasteiger partial charge in [-0.2, -0.15) is 5.10 Å². The number of hydrogen-bond acceptors (Lipinski definition) is 4. The minimum absolute atomic E-state index is 0.0601. The number of fused-ring (bicyclic) bond motifs is 1. The third-order valence-corrected chi connectivity index (χ3v) is 5.60. The Labute approximate surface area is 180 Å². The van der Waals surface area contributed by atoms with Crippen molar-refractivity contribution in [3.05, 3.63) is 82.7 Å². The topological polar surface area (TPSA) is 84.3 Å². The van der Waals surface area contributed by atoms with Crippen molar-refractivity contribution in [1.29, 1.82) is 0 Å². The van der Waals surface area contributed by atoms with E-state index in [0.717, 1.165) is 28.2 Å². The first-order valence-electron chi connectivity index (χ1n) is 10.3. The third-order valence-electron chi connectivity index (χ3n) is 5.60. The van der Waals surface area contributed by atoms with Gasteiger partial charge in [0, 0.05) is 36.3 Å². The van der Waals surface area contributed by atoms with E-state index in [2.05, 4.69) is 10.4 Å². The van der Waals surface area contributed by atoms with E-state index in [0.29, 0.717) is 12.1 Å². The Balaban J connectivity index is 1.37. The van der Waals surface area contributed by atoms with E-state index in [1.807, 2.05) is 54.9 Å². The highest BCUT2D eigenvalue weighted by Gasteiger charge is 2.30. The molecule has 1 N–H and O–H groups in total. The van der Waals surface area contributed by atoms with Crippen LogP contribution in [0.25, 0.3) is 5.69 Å². The Kier molecular flexibility index (Phi) is 5.66. The zero-order valence-electron chi connectivity index (χ0n) is 17.6. The van der Waals surface area contributed by atoms with Crippen molar-refractivity contribution in [3.63, 3.8) is 0 Å². The molecule has 7 nitrogen and oxygen atoms in total. The van der Waals surface area contributed by atoms with Crippen LogP contribution in [0.15, 0.2) is 54.6 Å². The van der Waals surface area contributed by atoms with Crippen LogP contribution in [0.4, 0.5) is 0 Å². The molecule has 1 aliphatic heterocycles. The molecule has 0 unspecified atom stereocenters. The Morgan fingerprint density at radius 3 is 2.52 bits per heavy atom. The summed E-state index contributed by atoms with van der Waals surface area (Å²) in [6.07, 6.45) is 0.241. The van der Waals surface area contributed by atoms with Crippen molar-refractivity contribution >= 4 is 17.7 Å². The molecule has 2 aromatic carbocycles. The fourth-order valence-electron chi connectivity index (χ4n) is 3.87. The fraction of sp³-hybridized carbons (Fsp3) is 0.250. The van der Waals surface area contributed by atoms with E-state index >= 15 is 0 Å². The first-order valence-corrected chi connectivity index (χ1v) is 10.3. The van der Waals surface area contributed by atoms with Crippen LogP contribution in [0, 0.1) is 13.8 Å². The summed E-state index contributed by atoms with van der Waals surface area (Å²) in [4.78, 5) is 38.6. The minimum atomic E-state index is -0.338. The number of para-hydroxylation sites is 1. The number of aromatic nitrogens is 2. The second kappa shape index (κ2) is 8.55. The molecule has 3 amide bonds. The highest BCUT2D eigenvalue weighted by atomic mass is 16.2. The van der Waals surface area contributed by atoms with Crippen molar-refractivity contribution in [1.82, 2.24) is 20.0 Å². The van der Waals surface area contributed by atoms with Gasteiger partial charge in [0.25, 0.3) is 5.91 Å². The molecule has 7 heteroatoms. The molecule has 1 aromatic heterocycles. The number of amides is 3. The summed E-state index contributed by atoms with van der Waals surface area (Å²) < 4.78 is 1.86. The zero-order chi connectivity index (χ0) is 22.0. The number of rotatable bonds is 6. The average molecular weight is 416 g/mol. The van der Waals surface area contributed by atoms with Gasteiger partial charge in [-0.3, -0.25) is 19.3 Å². The predicted octanol–water partition coefficient (Wildman–Crippen LogP) is 2.72. The number of hydrogen-bond donors (Lipinski definition) is 1. The van der Waals surface area contributed by atoms with E-state index < -0.39 is 0 Å². The summed E-state index contributed by atoms with van der Waals surface area (Å²) in [5, 5.41) is 7.48. The number of nitrogens with one attached hydrogen (secondary N) is 1. The molecule has 3 aromatic rings. The first-order chi connectivity index (χ1) is 15.0. The smallest absolute Gasteiger partial charge is 0.260 e. The lowest BCUT2D eigenvalue weighted by Crippen LogP contribution is -2.44. The molecule has 0 saturated heterocycles. The first kappa shape index (κ1) is 20.5. The lowest BCUT2D eigenvalue weighted by molar-refractivity contribution is -0.129. The maximum Gasteiger partial charge on any atom is 0.260 e. The van der Waals surface area contributed by atoms with Crippen molar-refractivity contribution in [2.24, 2.45) is 0 Å². The van der Waals surface area contributed by atoms with Crippen molar-refractivity contribution < 1.29 is 14.4 Å². The van der Waals surface area contributed by atoms with Crippen molar-refractivity contribution in [2.75, 3.05) is 6.54 Å². The van der Waals surface area contributed by atoms with E-state index in [1.54, 1.807) is 18.2 Å². The predicted molar refractivity (Wildman–Crippen MR) is 116 cm³/mol. The van der Waals surface area contributed by atoms with E-state index in [9.17, 15) is 14.4 Å². The number of nitrogens with zero attached hydrogens (tertiary/aromatic N) is 3. The average Bonchev–Trinajstić information content (AvgIpc) is 3.06. The van der Waals surface area contributed by atoms with Gasteiger partial charge in [0.15, 0.2) is 0 Å². The molecule has 0 radical (unpaired) electrons. The third kappa shape index (κ3) is 4.12. The summed E-state index contributed by atoms with van der Waals surface area (Å²) in [5.41, 5.74) is 4.99. The van der Waals surface area contributed by atoms with Crippen LogP contribution in [-0.4, -0.2) is 38.9 Å². The van der Waals surface area contributed by atoms with Gasteiger partial charge in [0.05, 0.1) is 17.8 Å². The fourth-order valence-corrected chi connectivity index (χ4v) is 3.87. The summed E-state index contributed by atoms with van der Waals surface area (Å²) in [6.45, 7) is 4.29. The number of carbonyl (C=O) groups is 3. The normalized spacial score (nSPS) is 13.3. The van der Waals surface area contributed by atoms with Gasteiger partial charge < -0.3 is 5.32 Å². The molecule has 0 aliphatic carbocycles. The van der Waals surface area contributed by atoms with E-state index in [1.165, 1.54) is 4.90 Å². The van der Waals surface area contributed by atoms with Crippen LogP contribution < -0.4 is 5.32 Å². The number of imide groups is 1. The lowest BCUT2D eigenvalue weighted by Gasteiger charge is -2.26. The summed E-state index contributed by atoms with van der Waals surface area (Å²) in [7, 11) is 0. The molecule has 0 saturated carbocycles.